The molecule has 2 rings (SSSR count). The number of nitrogens with zero attached hydrogens (tertiary/aromatic N) is 2. The molecule has 0 unspecified atom stereocenters. The summed E-state index contributed by atoms with van der Waals surface area (Å²) in [6, 6.07) is 0. The number of carbonyl (C=O) groups is 2. The molecule has 0 bridgehead atoms. The first-order valence-electron chi connectivity index (χ1n) is 7.28. The monoisotopic (exact) mass is 268 g/mol. The number of hydrogen-bond acceptors (Lipinski definition) is 3. The van der Waals surface area contributed by atoms with E-state index in [1.807, 2.05) is 18.7 Å². The van der Waals surface area contributed by atoms with Crippen molar-refractivity contribution in [2.75, 3.05) is 32.8 Å². The third kappa shape index (κ3) is 3.61. The van der Waals surface area contributed by atoms with E-state index in [-0.39, 0.29) is 17.9 Å². The third-order valence-electron chi connectivity index (χ3n) is 3.81. The van der Waals surface area contributed by atoms with Gasteiger partial charge >= 0.3 is 6.09 Å². The molecule has 0 N–H and O–H groups in total. The fraction of sp³-hybridized carbons (Fsp3) is 0.857. The Morgan fingerprint density at radius 3 is 2.21 bits per heavy atom. The molecule has 2 fully saturated rings. The van der Waals surface area contributed by atoms with E-state index < -0.39 is 0 Å². The Morgan fingerprint density at radius 1 is 1.11 bits per heavy atom. The molecule has 2 heterocycles. The smallest absolute Gasteiger partial charge is 0.409 e. The largest absolute Gasteiger partial charge is 0.449 e. The highest BCUT2D eigenvalue weighted by molar-refractivity contribution is 5.80. The first kappa shape index (κ1) is 14.2. The second kappa shape index (κ2) is 6.26. The van der Waals surface area contributed by atoms with Crippen molar-refractivity contribution in [1.29, 1.82) is 0 Å². The first-order valence-corrected chi connectivity index (χ1v) is 7.28. The highest BCUT2D eigenvalue weighted by Crippen LogP contribution is 2.22. The topological polar surface area (TPSA) is 49.9 Å². The van der Waals surface area contributed by atoms with Crippen molar-refractivity contribution >= 4 is 12.0 Å². The average Bonchev–Trinajstić information content (AvgIpc) is 2.34. The summed E-state index contributed by atoms with van der Waals surface area (Å²) in [5.74, 6) is 0.741. The second-order valence-electron chi connectivity index (χ2n) is 5.91. The van der Waals surface area contributed by atoms with Crippen molar-refractivity contribution in [3.63, 3.8) is 0 Å². The van der Waals surface area contributed by atoms with E-state index in [2.05, 4.69) is 0 Å². The zero-order valence-corrected chi connectivity index (χ0v) is 11.9. The van der Waals surface area contributed by atoms with Gasteiger partial charge in [-0.05, 0) is 25.2 Å². The molecule has 0 radical (unpaired) electrons. The van der Waals surface area contributed by atoms with Gasteiger partial charge in [-0.1, -0.05) is 13.8 Å². The Balaban J connectivity index is 1.72. The summed E-state index contributed by atoms with van der Waals surface area (Å²) < 4.78 is 5.21. The third-order valence-corrected chi connectivity index (χ3v) is 3.81. The van der Waals surface area contributed by atoms with E-state index in [1.165, 1.54) is 0 Å². The van der Waals surface area contributed by atoms with Crippen LogP contribution in [0.3, 0.4) is 0 Å². The van der Waals surface area contributed by atoms with Gasteiger partial charge in [-0.2, -0.15) is 0 Å². The van der Waals surface area contributed by atoms with Gasteiger partial charge in [0.25, 0.3) is 0 Å². The zero-order chi connectivity index (χ0) is 13.8. The van der Waals surface area contributed by atoms with Gasteiger partial charge in [0.15, 0.2) is 0 Å². The van der Waals surface area contributed by atoms with E-state index in [0.29, 0.717) is 25.6 Å². The maximum absolute atomic E-state index is 12.1. The standard InChI is InChI=1S/C14H24N2O3/c1-11(2)10-19-14(18)16-8-4-12(5-9-16)13(17)15-6-3-7-15/h11-12H,3-10H2,1-2H3. The molecule has 19 heavy (non-hydrogen) atoms. The molecule has 0 atom stereocenters. The van der Waals surface area contributed by atoms with Crippen LogP contribution >= 0.6 is 0 Å². The zero-order valence-electron chi connectivity index (χ0n) is 11.9. The van der Waals surface area contributed by atoms with E-state index in [0.717, 1.165) is 32.4 Å². The molecule has 0 aromatic heterocycles. The highest BCUT2D eigenvalue weighted by atomic mass is 16.6. The van der Waals surface area contributed by atoms with E-state index in [9.17, 15) is 9.59 Å². The van der Waals surface area contributed by atoms with Crippen LogP contribution in [0.5, 0.6) is 0 Å². The average molecular weight is 268 g/mol. The van der Waals surface area contributed by atoms with Gasteiger partial charge < -0.3 is 14.5 Å². The van der Waals surface area contributed by atoms with Crippen molar-refractivity contribution in [2.45, 2.75) is 33.1 Å². The lowest BCUT2D eigenvalue weighted by Gasteiger charge is -2.37. The van der Waals surface area contributed by atoms with E-state index in [1.54, 1.807) is 4.90 Å². The van der Waals surface area contributed by atoms with Gasteiger partial charge in [0, 0.05) is 32.1 Å². The van der Waals surface area contributed by atoms with Gasteiger partial charge in [0.2, 0.25) is 5.91 Å². The quantitative estimate of drug-likeness (QED) is 0.783. The predicted molar refractivity (Wildman–Crippen MR) is 71.7 cm³/mol. The summed E-state index contributed by atoms with van der Waals surface area (Å²) in [6.45, 7) is 7.61. The Bertz CT molecular complexity index is 332. The van der Waals surface area contributed by atoms with Crippen molar-refractivity contribution in [3.8, 4) is 0 Å². The highest BCUT2D eigenvalue weighted by Gasteiger charge is 2.32. The number of ether oxygens (including phenoxy) is 1. The molecule has 5 nitrogen and oxygen atoms in total. The molecule has 2 aliphatic heterocycles. The molecular formula is C14H24N2O3. The summed E-state index contributed by atoms with van der Waals surface area (Å²) >= 11 is 0. The van der Waals surface area contributed by atoms with Gasteiger partial charge in [0.1, 0.15) is 0 Å². The Kier molecular flexibility index (Phi) is 4.66. The molecule has 0 aliphatic carbocycles. The lowest BCUT2D eigenvalue weighted by Crippen LogP contribution is -2.48. The van der Waals surface area contributed by atoms with Crippen molar-refractivity contribution in [3.05, 3.63) is 0 Å². The normalized spacial score (nSPS) is 20.4. The van der Waals surface area contributed by atoms with Crippen LogP contribution in [0.1, 0.15) is 33.1 Å². The molecule has 5 heteroatoms. The molecule has 0 spiro atoms. The van der Waals surface area contributed by atoms with Gasteiger partial charge in [-0.3, -0.25) is 4.79 Å². The van der Waals surface area contributed by atoms with E-state index in [4.69, 9.17) is 4.74 Å². The number of likely N-dealkylation sites (tertiary alicyclic amines) is 2. The maximum atomic E-state index is 12.1. The molecule has 2 saturated heterocycles. The number of piperidine rings is 1. The number of carbonyl (C=O) groups excluding carboxylic acids is 2. The van der Waals surface area contributed by atoms with Crippen molar-refractivity contribution in [1.82, 2.24) is 9.80 Å². The summed E-state index contributed by atoms with van der Waals surface area (Å²) in [4.78, 5) is 27.5. The van der Waals surface area contributed by atoms with E-state index >= 15 is 0 Å². The van der Waals surface area contributed by atoms with Crippen LogP contribution in [0, 0.1) is 11.8 Å². The van der Waals surface area contributed by atoms with Crippen molar-refractivity contribution in [2.24, 2.45) is 11.8 Å². The SMILES string of the molecule is CC(C)COC(=O)N1CCC(C(=O)N2CCC2)CC1. The summed E-state index contributed by atoms with van der Waals surface area (Å²) in [7, 11) is 0. The molecule has 2 aliphatic rings. The predicted octanol–water partition coefficient (Wildman–Crippen LogP) is 1.72. The molecule has 2 amide bonds. The van der Waals surface area contributed by atoms with Crippen LogP contribution < -0.4 is 0 Å². The van der Waals surface area contributed by atoms with Crippen LogP contribution in [0.15, 0.2) is 0 Å². The first-order chi connectivity index (χ1) is 9.08. The number of hydrogen-bond donors (Lipinski definition) is 0. The van der Waals surface area contributed by atoms with Gasteiger partial charge in [-0.15, -0.1) is 0 Å². The number of rotatable bonds is 3. The number of amides is 2. The second-order valence-corrected chi connectivity index (χ2v) is 5.91. The van der Waals surface area contributed by atoms with Crippen LogP contribution in [0.25, 0.3) is 0 Å². The molecule has 108 valence electrons. The fourth-order valence-electron chi connectivity index (χ4n) is 2.43. The minimum Gasteiger partial charge on any atom is -0.449 e. The maximum Gasteiger partial charge on any atom is 0.409 e. The molecule has 0 saturated carbocycles. The molecular weight excluding hydrogens is 244 g/mol. The molecule has 0 aromatic rings. The fourth-order valence-corrected chi connectivity index (χ4v) is 2.43. The lowest BCUT2D eigenvalue weighted by molar-refractivity contribution is -0.140. The Hall–Kier alpha value is -1.26. The van der Waals surface area contributed by atoms with Crippen LogP contribution in [-0.2, 0) is 9.53 Å². The molecule has 0 aromatic carbocycles. The summed E-state index contributed by atoms with van der Waals surface area (Å²) in [6.07, 6.45) is 2.44. The van der Waals surface area contributed by atoms with Crippen LogP contribution in [-0.4, -0.2) is 54.6 Å². The Labute approximate surface area is 114 Å². The van der Waals surface area contributed by atoms with Gasteiger partial charge in [-0.25, -0.2) is 4.79 Å². The minimum absolute atomic E-state index is 0.106. The van der Waals surface area contributed by atoms with Crippen LogP contribution in [0.2, 0.25) is 0 Å². The summed E-state index contributed by atoms with van der Waals surface area (Å²) in [5, 5.41) is 0. The summed E-state index contributed by atoms with van der Waals surface area (Å²) in [5.41, 5.74) is 0. The minimum atomic E-state index is -0.233. The van der Waals surface area contributed by atoms with Gasteiger partial charge in [0.05, 0.1) is 6.61 Å². The van der Waals surface area contributed by atoms with Crippen molar-refractivity contribution < 1.29 is 14.3 Å². The Morgan fingerprint density at radius 2 is 1.74 bits per heavy atom. The lowest BCUT2D eigenvalue weighted by atomic mass is 9.94. The van der Waals surface area contributed by atoms with Crippen LogP contribution in [0.4, 0.5) is 4.79 Å².